The van der Waals surface area contributed by atoms with E-state index in [1.165, 1.54) is 7.11 Å². The molecule has 14 heavy (non-hydrogen) atoms. The standard InChI is InChI=1S/C10H11NO3/c1-13-9-5-3-8(4-6-9)11-7-10(12)14-2/h3-7H,1-2H3/b11-7-. The third-order valence-corrected chi connectivity index (χ3v) is 1.59. The van der Waals surface area contributed by atoms with Crippen molar-refractivity contribution < 1.29 is 14.3 Å². The molecule has 0 aliphatic carbocycles. The molecular weight excluding hydrogens is 182 g/mol. The number of rotatable bonds is 3. The van der Waals surface area contributed by atoms with Gasteiger partial charge in [-0.1, -0.05) is 0 Å². The molecule has 0 aliphatic heterocycles. The Morgan fingerprint density at radius 1 is 1.29 bits per heavy atom. The van der Waals surface area contributed by atoms with Gasteiger partial charge in [-0.15, -0.1) is 0 Å². The summed E-state index contributed by atoms with van der Waals surface area (Å²) in [6.07, 6.45) is 1.13. The second kappa shape index (κ2) is 5.01. The lowest BCUT2D eigenvalue weighted by Gasteiger charge is -1.98. The molecule has 74 valence electrons. The highest BCUT2D eigenvalue weighted by Crippen LogP contribution is 2.16. The van der Waals surface area contributed by atoms with Crippen molar-refractivity contribution in [3.63, 3.8) is 0 Å². The van der Waals surface area contributed by atoms with Crippen LogP contribution in [0, 0.1) is 0 Å². The Labute approximate surface area is 82.2 Å². The molecule has 0 atom stereocenters. The molecule has 4 heteroatoms. The highest BCUT2D eigenvalue weighted by Gasteiger charge is 1.94. The van der Waals surface area contributed by atoms with Crippen LogP contribution in [0.1, 0.15) is 0 Å². The van der Waals surface area contributed by atoms with Crippen LogP contribution >= 0.6 is 0 Å². The molecule has 0 unspecified atom stereocenters. The Kier molecular flexibility index (Phi) is 3.67. The minimum Gasteiger partial charge on any atom is -0.497 e. The van der Waals surface area contributed by atoms with Gasteiger partial charge >= 0.3 is 5.97 Å². The van der Waals surface area contributed by atoms with E-state index in [1.807, 2.05) is 0 Å². The molecule has 1 aromatic rings. The first-order chi connectivity index (χ1) is 6.76. The van der Waals surface area contributed by atoms with Gasteiger partial charge in [0.2, 0.25) is 0 Å². The molecule has 0 saturated carbocycles. The van der Waals surface area contributed by atoms with Gasteiger partial charge in [0.25, 0.3) is 0 Å². The summed E-state index contributed by atoms with van der Waals surface area (Å²) in [5.74, 6) is 0.280. The topological polar surface area (TPSA) is 47.9 Å². The number of carbonyl (C=O) groups is 1. The average molecular weight is 193 g/mol. The van der Waals surface area contributed by atoms with Gasteiger partial charge in [-0.3, -0.25) is 0 Å². The predicted octanol–water partition coefficient (Wildman–Crippen LogP) is 1.57. The van der Waals surface area contributed by atoms with E-state index >= 15 is 0 Å². The van der Waals surface area contributed by atoms with Crippen LogP contribution in [-0.4, -0.2) is 26.4 Å². The zero-order valence-electron chi connectivity index (χ0n) is 8.06. The highest BCUT2D eigenvalue weighted by atomic mass is 16.5. The summed E-state index contributed by atoms with van der Waals surface area (Å²) in [7, 11) is 2.90. The van der Waals surface area contributed by atoms with Crippen LogP contribution in [-0.2, 0) is 9.53 Å². The Morgan fingerprint density at radius 2 is 1.93 bits per heavy atom. The van der Waals surface area contributed by atoms with Crippen molar-refractivity contribution in [3.05, 3.63) is 24.3 Å². The van der Waals surface area contributed by atoms with Gasteiger partial charge in [0.05, 0.1) is 19.9 Å². The Hall–Kier alpha value is -1.84. The van der Waals surface area contributed by atoms with Crippen molar-refractivity contribution in [2.24, 2.45) is 4.99 Å². The quantitative estimate of drug-likeness (QED) is 0.540. The van der Waals surface area contributed by atoms with E-state index in [4.69, 9.17) is 4.74 Å². The predicted molar refractivity (Wildman–Crippen MR) is 53.2 cm³/mol. The monoisotopic (exact) mass is 193 g/mol. The van der Waals surface area contributed by atoms with Crippen LogP contribution in [0.15, 0.2) is 29.3 Å². The van der Waals surface area contributed by atoms with Gasteiger partial charge in [0.15, 0.2) is 0 Å². The van der Waals surface area contributed by atoms with Crippen LogP contribution in [0.3, 0.4) is 0 Å². The first-order valence-electron chi connectivity index (χ1n) is 4.02. The van der Waals surface area contributed by atoms with E-state index in [0.29, 0.717) is 5.69 Å². The maximum atomic E-state index is 10.7. The van der Waals surface area contributed by atoms with Crippen LogP contribution in [0.4, 0.5) is 5.69 Å². The minimum absolute atomic E-state index is 0.471. The third kappa shape index (κ3) is 2.90. The molecule has 0 radical (unpaired) electrons. The van der Waals surface area contributed by atoms with E-state index < -0.39 is 5.97 Å². The van der Waals surface area contributed by atoms with E-state index in [-0.39, 0.29) is 0 Å². The maximum Gasteiger partial charge on any atom is 0.349 e. The van der Waals surface area contributed by atoms with Crippen molar-refractivity contribution in [2.45, 2.75) is 0 Å². The Balaban J connectivity index is 2.68. The summed E-state index contributed by atoms with van der Waals surface area (Å²) in [6.45, 7) is 0. The molecule has 0 N–H and O–H groups in total. The number of hydrogen-bond acceptors (Lipinski definition) is 4. The van der Waals surface area contributed by atoms with Gasteiger partial charge in [-0.2, -0.15) is 0 Å². The SMILES string of the molecule is COC(=O)/C=N\c1ccc(OC)cc1. The number of hydrogen-bond donors (Lipinski definition) is 0. The van der Waals surface area contributed by atoms with Crippen LogP contribution < -0.4 is 4.74 Å². The smallest absolute Gasteiger partial charge is 0.349 e. The molecule has 0 bridgehead atoms. The fraction of sp³-hybridized carbons (Fsp3) is 0.200. The van der Waals surface area contributed by atoms with E-state index in [2.05, 4.69) is 9.73 Å². The van der Waals surface area contributed by atoms with Crippen molar-refractivity contribution in [2.75, 3.05) is 14.2 Å². The van der Waals surface area contributed by atoms with Gasteiger partial charge in [-0.05, 0) is 24.3 Å². The first kappa shape index (κ1) is 10.2. The first-order valence-corrected chi connectivity index (χ1v) is 4.02. The van der Waals surface area contributed by atoms with Gasteiger partial charge < -0.3 is 9.47 Å². The summed E-state index contributed by atoms with van der Waals surface area (Å²) in [6, 6.07) is 7.03. The molecule has 0 heterocycles. The van der Waals surface area contributed by atoms with E-state index in [1.54, 1.807) is 31.4 Å². The van der Waals surface area contributed by atoms with Gasteiger partial charge in [0.1, 0.15) is 12.0 Å². The Morgan fingerprint density at radius 3 is 2.43 bits per heavy atom. The number of nitrogens with zero attached hydrogens (tertiary/aromatic N) is 1. The summed E-state index contributed by atoms with van der Waals surface area (Å²) >= 11 is 0. The highest BCUT2D eigenvalue weighted by molar-refractivity contribution is 6.23. The largest absolute Gasteiger partial charge is 0.497 e. The fourth-order valence-electron chi connectivity index (χ4n) is 0.848. The van der Waals surface area contributed by atoms with Gasteiger partial charge in [-0.25, -0.2) is 9.79 Å². The minimum atomic E-state index is -0.471. The number of ether oxygens (including phenoxy) is 2. The summed E-state index contributed by atoms with van der Waals surface area (Å²) in [5.41, 5.74) is 0.677. The lowest BCUT2D eigenvalue weighted by molar-refractivity contribution is -0.132. The zero-order valence-corrected chi connectivity index (χ0v) is 8.06. The number of aliphatic imine (C=N–C) groups is 1. The van der Waals surface area contributed by atoms with E-state index in [0.717, 1.165) is 12.0 Å². The number of esters is 1. The van der Waals surface area contributed by atoms with Crippen molar-refractivity contribution in [3.8, 4) is 5.75 Å². The number of benzene rings is 1. The molecule has 0 amide bonds. The van der Waals surface area contributed by atoms with Crippen LogP contribution in [0.2, 0.25) is 0 Å². The molecule has 0 spiro atoms. The fourth-order valence-corrected chi connectivity index (χ4v) is 0.848. The van der Waals surface area contributed by atoms with E-state index in [9.17, 15) is 4.79 Å². The zero-order chi connectivity index (χ0) is 10.4. The average Bonchev–Trinajstić information content (AvgIpc) is 2.26. The molecule has 0 saturated heterocycles. The lowest BCUT2D eigenvalue weighted by atomic mass is 10.3. The molecule has 0 fully saturated rings. The van der Waals surface area contributed by atoms with Crippen molar-refractivity contribution in [1.29, 1.82) is 0 Å². The molecule has 1 rings (SSSR count). The summed E-state index contributed by atoms with van der Waals surface area (Å²) in [4.78, 5) is 14.6. The van der Waals surface area contributed by atoms with Crippen LogP contribution in [0.25, 0.3) is 0 Å². The molecule has 0 aliphatic rings. The maximum absolute atomic E-state index is 10.7. The third-order valence-electron chi connectivity index (χ3n) is 1.59. The summed E-state index contributed by atoms with van der Waals surface area (Å²) in [5, 5.41) is 0. The molecule has 4 nitrogen and oxygen atoms in total. The van der Waals surface area contributed by atoms with Crippen LogP contribution in [0.5, 0.6) is 5.75 Å². The number of methoxy groups -OCH3 is 2. The van der Waals surface area contributed by atoms with Crippen molar-refractivity contribution >= 4 is 17.9 Å². The lowest BCUT2D eigenvalue weighted by Crippen LogP contribution is -1.99. The molecule has 1 aromatic carbocycles. The second-order valence-electron chi connectivity index (χ2n) is 2.48. The second-order valence-corrected chi connectivity index (χ2v) is 2.48. The molecular formula is C10H11NO3. The number of carbonyl (C=O) groups excluding carboxylic acids is 1. The Bertz CT molecular complexity index is 330. The summed E-state index contributed by atoms with van der Waals surface area (Å²) < 4.78 is 9.38. The van der Waals surface area contributed by atoms with Gasteiger partial charge in [0, 0.05) is 0 Å². The molecule has 0 aromatic heterocycles. The van der Waals surface area contributed by atoms with Crippen molar-refractivity contribution in [1.82, 2.24) is 0 Å². The normalized spacial score (nSPS) is 10.1.